The predicted octanol–water partition coefficient (Wildman–Crippen LogP) is 2.13. The minimum Gasteiger partial charge on any atom is -0.360 e. The quantitative estimate of drug-likeness (QED) is 0.580. The van der Waals surface area contributed by atoms with E-state index in [1.165, 1.54) is 6.21 Å². The molecule has 0 saturated heterocycles. The van der Waals surface area contributed by atoms with Crippen molar-refractivity contribution in [2.45, 2.75) is 13.3 Å². The lowest BCUT2D eigenvalue weighted by Crippen LogP contribution is -2.17. The number of aromatic amines is 1. The summed E-state index contributed by atoms with van der Waals surface area (Å²) in [6, 6.07) is 10.3. The van der Waals surface area contributed by atoms with Gasteiger partial charge in [-0.15, -0.1) is 0 Å². The van der Waals surface area contributed by atoms with Crippen LogP contribution in [0.15, 0.2) is 47.7 Å². The standard InChI is InChI=1S/C15H16N4O2/c1-2-14(20)18-12-7-5-11(6-8-12)15(21)19-17-10-13-4-3-9-16-13/h3-10,16H,2H2,1H3,(H,18,20)(H,19,21). The molecule has 0 saturated carbocycles. The van der Waals surface area contributed by atoms with Crippen LogP contribution in [0.1, 0.15) is 29.4 Å². The van der Waals surface area contributed by atoms with E-state index >= 15 is 0 Å². The largest absolute Gasteiger partial charge is 0.360 e. The summed E-state index contributed by atoms with van der Waals surface area (Å²) in [5, 5.41) is 6.56. The van der Waals surface area contributed by atoms with Gasteiger partial charge in [0, 0.05) is 23.9 Å². The van der Waals surface area contributed by atoms with E-state index in [0.717, 1.165) is 5.69 Å². The van der Waals surface area contributed by atoms with E-state index < -0.39 is 0 Å². The second-order valence-electron chi connectivity index (χ2n) is 4.30. The summed E-state index contributed by atoms with van der Waals surface area (Å²) in [5.41, 5.74) is 4.36. The minimum absolute atomic E-state index is 0.0669. The second kappa shape index (κ2) is 7.04. The van der Waals surface area contributed by atoms with Gasteiger partial charge in [-0.2, -0.15) is 5.10 Å². The van der Waals surface area contributed by atoms with Crippen LogP contribution in [0.2, 0.25) is 0 Å². The molecule has 6 heteroatoms. The fraction of sp³-hybridized carbons (Fsp3) is 0.133. The molecule has 0 aliphatic carbocycles. The number of nitrogens with zero attached hydrogens (tertiary/aromatic N) is 1. The average molecular weight is 284 g/mol. The summed E-state index contributed by atoms with van der Waals surface area (Å²) in [4.78, 5) is 26.0. The third-order valence-corrected chi connectivity index (χ3v) is 2.74. The summed E-state index contributed by atoms with van der Waals surface area (Å²) >= 11 is 0. The SMILES string of the molecule is CCC(=O)Nc1ccc(C(=O)NN=Cc2ccc[nH]2)cc1. The van der Waals surface area contributed by atoms with Crippen LogP contribution in [-0.2, 0) is 4.79 Å². The maximum Gasteiger partial charge on any atom is 0.271 e. The molecule has 0 aliphatic rings. The zero-order valence-electron chi connectivity index (χ0n) is 11.6. The highest BCUT2D eigenvalue weighted by molar-refractivity contribution is 5.96. The van der Waals surface area contributed by atoms with E-state index in [0.29, 0.717) is 17.7 Å². The molecule has 0 bridgehead atoms. The number of amides is 2. The van der Waals surface area contributed by atoms with Crippen LogP contribution in [0, 0.1) is 0 Å². The van der Waals surface area contributed by atoms with E-state index in [1.54, 1.807) is 37.4 Å². The van der Waals surface area contributed by atoms with Gasteiger partial charge in [0.15, 0.2) is 0 Å². The van der Waals surface area contributed by atoms with Crippen LogP contribution in [0.3, 0.4) is 0 Å². The number of hydrogen-bond donors (Lipinski definition) is 3. The molecule has 6 nitrogen and oxygen atoms in total. The van der Waals surface area contributed by atoms with Crippen molar-refractivity contribution in [2.24, 2.45) is 5.10 Å². The van der Waals surface area contributed by atoms with Gasteiger partial charge in [-0.05, 0) is 36.4 Å². The molecule has 2 rings (SSSR count). The number of hydrazone groups is 1. The first-order chi connectivity index (χ1) is 10.2. The van der Waals surface area contributed by atoms with E-state index in [1.807, 2.05) is 12.1 Å². The molecule has 21 heavy (non-hydrogen) atoms. The Labute approximate surface area is 122 Å². The Morgan fingerprint density at radius 2 is 2.00 bits per heavy atom. The zero-order chi connectivity index (χ0) is 15.1. The van der Waals surface area contributed by atoms with Crippen molar-refractivity contribution in [3.63, 3.8) is 0 Å². The predicted molar refractivity (Wildman–Crippen MR) is 81.2 cm³/mol. The zero-order valence-corrected chi connectivity index (χ0v) is 11.6. The monoisotopic (exact) mass is 284 g/mol. The molecule has 2 amide bonds. The van der Waals surface area contributed by atoms with Gasteiger partial charge in [0.1, 0.15) is 0 Å². The van der Waals surface area contributed by atoms with Gasteiger partial charge < -0.3 is 10.3 Å². The number of carbonyl (C=O) groups is 2. The highest BCUT2D eigenvalue weighted by atomic mass is 16.2. The topological polar surface area (TPSA) is 86.3 Å². The normalized spacial score (nSPS) is 10.5. The summed E-state index contributed by atoms with van der Waals surface area (Å²) in [5.74, 6) is -0.381. The number of rotatable bonds is 5. The number of benzene rings is 1. The lowest BCUT2D eigenvalue weighted by molar-refractivity contribution is -0.115. The van der Waals surface area contributed by atoms with Crippen molar-refractivity contribution >= 4 is 23.7 Å². The van der Waals surface area contributed by atoms with E-state index in [9.17, 15) is 9.59 Å². The van der Waals surface area contributed by atoms with Gasteiger partial charge >= 0.3 is 0 Å². The molecule has 0 atom stereocenters. The number of H-pyrrole nitrogens is 1. The van der Waals surface area contributed by atoms with Crippen molar-refractivity contribution < 1.29 is 9.59 Å². The Bertz CT molecular complexity index is 630. The van der Waals surface area contributed by atoms with Crippen molar-refractivity contribution in [1.29, 1.82) is 0 Å². The number of aromatic nitrogens is 1. The van der Waals surface area contributed by atoms with Crippen molar-refractivity contribution in [3.05, 3.63) is 53.9 Å². The van der Waals surface area contributed by atoms with Crippen molar-refractivity contribution in [2.75, 3.05) is 5.32 Å². The van der Waals surface area contributed by atoms with Crippen molar-refractivity contribution in [1.82, 2.24) is 10.4 Å². The molecule has 1 aromatic heterocycles. The van der Waals surface area contributed by atoms with Crippen LogP contribution in [-0.4, -0.2) is 23.0 Å². The number of nitrogens with one attached hydrogen (secondary N) is 3. The smallest absolute Gasteiger partial charge is 0.271 e. The number of anilines is 1. The molecule has 0 unspecified atom stereocenters. The molecule has 0 aliphatic heterocycles. The lowest BCUT2D eigenvalue weighted by atomic mass is 10.2. The van der Waals surface area contributed by atoms with Gasteiger partial charge in [0.2, 0.25) is 5.91 Å². The Balaban J connectivity index is 1.92. The first kappa shape index (κ1) is 14.5. The lowest BCUT2D eigenvalue weighted by Gasteiger charge is -2.04. The van der Waals surface area contributed by atoms with E-state index in [2.05, 4.69) is 20.8 Å². The first-order valence-electron chi connectivity index (χ1n) is 6.55. The van der Waals surface area contributed by atoms with Crippen LogP contribution in [0.5, 0.6) is 0 Å². The maximum absolute atomic E-state index is 11.8. The van der Waals surface area contributed by atoms with Gasteiger partial charge in [-0.1, -0.05) is 6.92 Å². The van der Waals surface area contributed by atoms with Crippen LogP contribution in [0.25, 0.3) is 0 Å². The Morgan fingerprint density at radius 1 is 1.24 bits per heavy atom. The fourth-order valence-electron chi connectivity index (χ4n) is 1.60. The molecular formula is C15H16N4O2. The van der Waals surface area contributed by atoms with Gasteiger partial charge in [0.25, 0.3) is 5.91 Å². The molecule has 3 N–H and O–H groups in total. The van der Waals surface area contributed by atoms with Gasteiger partial charge in [0.05, 0.1) is 11.9 Å². The molecule has 0 fully saturated rings. The van der Waals surface area contributed by atoms with Gasteiger partial charge in [-0.25, -0.2) is 5.43 Å². The summed E-state index contributed by atoms with van der Waals surface area (Å²) in [6.45, 7) is 1.78. The molecule has 108 valence electrons. The summed E-state index contributed by atoms with van der Waals surface area (Å²) in [7, 11) is 0. The summed E-state index contributed by atoms with van der Waals surface area (Å²) < 4.78 is 0. The highest BCUT2D eigenvalue weighted by Gasteiger charge is 2.05. The van der Waals surface area contributed by atoms with Crippen LogP contribution < -0.4 is 10.7 Å². The second-order valence-corrected chi connectivity index (χ2v) is 4.30. The molecule has 1 aromatic carbocycles. The Kier molecular flexibility index (Phi) is 4.87. The third-order valence-electron chi connectivity index (χ3n) is 2.74. The van der Waals surface area contributed by atoms with Gasteiger partial charge in [-0.3, -0.25) is 9.59 Å². The molecule has 0 radical (unpaired) electrons. The fourth-order valence-corrected chi connectivity index (χ4v) is 1.60. The molecule has 0 spiro atoms. The van der Waals surface area contributed by atoms with E-state index in [4.69, 9.17) is 0 Å². The van der Waals surface area contributed by atoms with Crippen LogP contribution in [0.4, 0.5) is 5.69 Å². The van der Waals surface area contributed by atoms with Crippen LogP contribution >= 0.6 is 0 Å². The number of carbonyl (C=O) groups excluding carboxylic acids is 2. The molecule has 1 heterocycles. The Hall–Kier alpha value is -2.89. The Morgan fingerprint density at radius 3 is 2.62 bits per heavy atom. The maximum atomic E-state index is 11.8. The van der Waals surface area contributed by atoms with Crippen molar-refractivity contribution in [3.8, 4) is 0 Å². The van der Waals surface area contributed by atoms with E-state index in [-0.39, 0.29) is 11.8 Å². The average Bonchev–Trinajstić information content (AvgIpc) is 3.01. The third kappa shape index (κ3) is 4.31. The molecular weight excluding hydrogens is 268 g/mol. The highest BCUT2D eigenvalue weighted by Crippen LogP contribution is 2.09. The summed E-state index contributed by atoms with van der Waals surface area (Å²) in [6.07, 6.45) is 3.70. The minimum atomic E-state index is -0.314. The first-order valence-corrected chi connectivity index (χ1v) is 6.55. The number of hydrogen-bond acceptors (Lipinski definition) is 3. The molecule has 2 aromatic rings.